The van der Waals surface area contributed by atoms with Crippen LogP contribution in [0.25, 0.3) is 22.4 Å². The van der Waals surface area contributed by atoms with Gasteiger partial charge in [0.15, 0.2) is 0 Å². The number of nitrogens with zero attached hydrogens (tertiary/aromatic N) is 2. The monoisotopic (exact) mass is 368 g/mol. The summed E-state index contributed by atoms with van der Waals surface area (Å²) in [6.07, 6.45) is 6.10. The second-order valence-electron chi connectivity index (χ2n) is 6.47. The van der Waals surface area contributed by atoms with Crippen LogP contribution in [0, 0.1) is 0 Å². The van der Waals surface area contributed by atoms with E-state index in [0.717, 1.165) is 28.8 Å². The lowest BCUT2D eigenvalue weighted by Gasteiger charge is -2.08. The van der Waals surface area contributed by atoms with E-state index in [-0.39, 0.29) is 5.91 Å². The summed E-state index contributed by atoms with van der Waals surface area (Å²) in [5.74, 6) is -0.0808. The number of nitrogens with one attached hydrogen (secondary N) is 2. The number of pyridine rings is 1. The number of benzene rings is 2. The van der Waals surface area contributed by atoms with Gasteiger partial charge in [-0.05, 0) is 41.8 Å². The van der Waals surface area contributed by atoms with Crippen LogP contribution in [0.5, 0.6) is 0 Å². The van der Waals surface area contributed by atoms with E-state index in [1.807, 2.05) is 54.6 Å². The van der Waals surface area contributed by atoms with Crippen molar-refractivity contribution in [2.75, 3.05) is 6.54 Å². The number of hydrogen-bond donors (Lipinski definition) is 2. The number of carbonyl (C=O) groups excluding carboxylic acids is 1. The first kappa shape index (κ1) is 17.7. The van der Waals surface area contributed by atoms with Crippen molar-refractivity contribution in [3.63, 3.8) is 0 Å². The van der Waals surface area contributed by atoms with E-state index in [0.29, 0.717) is 12.1 Å². The largest absolute Gasteiger partial charge is 0.352 e. The van der Waals surface area contributed by atoms with Crippen LogP contribution in [-0.4, -0.2) is 27.6 Å². The van der Waals surface area contributed by atoms with Gasteiger partial charge in [0.05, 0.1) is 11.9 Å². The first-order valence-corrected chi connectivity index (χ1v) is 9.17. The average Bonchev–Trinajstić information content (AvgIpc) is 3.25. The number of aromatic amines is 1. The Morgan fingerprint density at radius 3 is 2.57 bits per heavy atom. The minimum absolute atomic E-state index is 0.0808. The lowest BCUT2D eigenvalue weighted by molar-refractivity contribution is 0.0954. The highest BCUT2D eigenvalue weighted by Gasteiger charge is 2.12. The van der Waals surface area contributed by atoms with Crippen molar-refractivity contribution in [2.45, 2.75) is 6.42 Å². The van der Waals surface area contributed by atoms with Crippen molar-refractivity contribution in [2.24, 2.45) is 0 Å². The van der Waals surface area contributed by atoms with Crippen molar-refractivity contribution in [3.8, 4) is 22.4 Å². The maximum atomic E-state index is 12.6. The zero-order valence-corrected chi connectivity index (χ0v) is 15.3. The highest BCUT2D eigenvalue weighted by molar-refractivity contribution is 5.96. The molecule has 2 aromatic heterocycles. The molecule has 0 fully saturated rings. The third kappa shape index (κ3) is 3.99. The summed E-state index contributed by atoms with van der Waals surface area (Å²) in [5, 5.41) is 10.2. The van der Waals surface area contributed by atoms with E-state index in [1.54, 1.807) is 18.6 Å². The number of H-pyrrole nitrogens is 1. The fourth-order valence-corrected chi connectivity index (χ4v) is 3.14. The van der Waals surface area contributed by atoms with Crippen LogP contribution in [0.3, 0.4) is 0 Å². The lowest BCUT2D eigenvalue weighted by Crippen LogP contribution is -2.25. The van der Waals surface area contributed by atoms with Crippen molar-refractivity contribution in [1.82, 2.24) is 20.5 Å². The fraction of sp³-hybridized carbons (Fsp3) is 0.0870. The first-order valence-electron chi connectivity index (χ1n) is 9.17. The highest BCUT2D eigenvalue weighted by atomic mass is 16.1. The second-order valence-corrected chi connectivity index (χ2v) is 6.47. The number of hydrogen-bond acceptors (Lipinski definition) is 3. The molecule has 0 bridgehead atoms. The molecule has 0 aliphatic heterocycles. The second kappa shape index (κ2) is 8.31. The molecule has 28 heavy (non-hydrogen) atoms. The van der Waals surface area contributed by atoms with Crippen LogP contribution in [-0.2, 0) is 6.42 Å². The van der Waals surface area contributed by atoms with Gasteiger partial charge in [-0.3, -0.25) is 14.9 Å². The first-order chi connectivity index (χ1) is 13.8. The Morgan fingerprint density at radius 1 is 0.929 bits per heavy atom. The van der Waals surface area contributed by atoms with Gasteiger partial charge in [-0.25, -0.2) is 0 Å². The summed E-state index contributed by atoms with van der Waals surface area (Å²) in [6.45, 7) is 0.597. The predicted molar refractivity (Wildman–Crippen MR) is 110 cm³/mol. The molecule has 0 unspecified atom stereocenters. The van der Waals surface area contributed by atoms with Gasteiger partial charge in [0.2, 0.25) is 0 Å². The maximum absolute atomic E-state index is 12.6. The minimum atomic E-state index is -0.0808. The van der Waals surface area contributed by atoms with Crippen LogP contribution >= 0.6 is 0 Å². The Bertz CT molecular complexity index is 1060. The third-order valence-electron chi connectivity index (χ3n) is 4.59. The van der Waals surface area contributed by atoms with Gasteiger partial charge < -0.3 is 5.32 Å². The summed E-state index contributed by atoms with van der Waals surface area (Å²) in [4.78, 5) is 16.6. The Kier molecular flexibility index (Phi) is 5.24. The van der Waals surface area contributed by atoms with Crippen molar-refractivity contribution < 1.29 is 4.79 Å². The summed E-state index contributed by atoms with van der Waals surface area (Å²) < 4.78 is 0. The fourth-order valence-electron chi connectivity index (χ4n) is 3.14. The number of rotatable bonds is 6. The quantitative estimate of drug-likeness (QED) is 0.538. The summed E-state index contributed by atoms with van der Waals surface area (Å²) in [5.41, 5.74) is 5.63. The molecular weight excluding hydrogens is 348 g/mol. The molecule has 2 N–H and O–H groups in total. The van der Waals surface area contributed by atoms with E-state index in [1.165, 1.54) is 5.56 Å². The van der Waals surface area contributed by atoms with E-state index >= 15 is 0 Å². The van der Waals surface area contributed by atoms with Crippen LogP contribution in [0.1, 0.15) is 15.9 Å². The normalized spacial score (nSPS) is 10.6. The van der Waals surface area contributed by atoms with Crippen LogP contribution < -0.4 is 5.32 Å². The molecule has 0 saturated heterocycles. The van der Waals surface area contributed by atoms with E-state index < -0.39 is 0 Å². The van der Waals surface area contributed by atoms with Gasteiger partial charge >= 0.3 is 0 Å². The molecule has 0 aliphatic carbocycles. The minimum Gasteiger partial charge on any atom is -0.352 e. The number of carbonyl (C=O) groups is 1. The topological polar surface area (TPSA) is 70.7 Å². The molecule has 4 rings (SSSR count). The molecule has 2 heterocycles. The molecular formula is C23H20N4O. The van der Waals surface area contributed by atoms with Crippen LogP contribution in [0.15, 0.2) is 85.3 Å². The van der Waals surface area contributed by atoms with E-state index in [4.69, 9.17) is 0 Å². The number of amides is 1. The molecule has 0 radical (unpaired) electrons. The zero-order chi connectivity index (χ0) is 19.2. The molecule has 2 aromatic carbocycles. The molecule has 0 atom stereocenters. The molecule has 0 saturated carbocycles. The maximum Gasteiger partial charge on any atom is 0.251 e. The molecule has 4 aromatic rings. The van der Waals surface area contributed by atoms with Gasteiger partial charge in [0.1, 0.15) is 0 Å². The Hall–Kier alpha value is -3.73. The van der Waals surface area contributed by atoms with E-state index in [2.05, 4.69) is 32.6 Å². The van der Waals surface area contributed by atoms with Crippen molar-refractivity contribution in [3.05, 3.63) is 96.4 Å². The summed E-state index contributed by atoms with van der Waals surface area (Å²) in [6, 6.07) is 21.6. The van der Waals surface area contributed by atoms with Gasteiger partial charge in [-0.15, -0.1) is 0 Å². The lowest BCUT2D eigenvalue weighted by atomic mass is 10.0. The SMILES string of the molecule is O=C(NCCc1ccccc1)c1cccc(-c2[nH]ncc2-c2ccncc2)c1. The van der Waals surface area contributed by atoms with Gasteiger partial charge in [0.25, 0.3) is 5.91 Å². The van der Waals surface area contributed by atoms with Crippen molar-refractivity contribution in [1.29, 1.82) is 0 Å². The zero-order valence-electron chi connectivity index (χ0n) is 15.3. The summed E-state index contributed by atoms with van der Waals surface area (Å²) in [7, 11) is 0. The molecule has 1 amide bonds. The van der Waals surface area contributed by atoms with E-state index in [9.17, 15) is 4.79 Å². The summed E-state index contributed by atoms with van der Waals surface area (Å²) >= 11 is 0. The van der Waals surface area contributed by atoms with Gasteiger partial charge in [0, 0.05) is 35.6 Å². The average molecular weight is 368 g/mol. The van der Waals surface area contributed by atoms with Gasteiger partial charge in [-0.2, -0.15) is 5.10 Å². The highest BCUT2D eigenvalue weighted by Crippen LogP contribution is 2.30. The van der Waals surface area contributed by atoms with Crippen LogP contribution in [0.4, 0.5) is 0 Å². The smallest absolute Gasteiger partial charge is 0.251 e. The van der Waals surface area contributed by atoms with Crippen LogP contribution in [0.2, 0.25) is 0 Å². The molecule has 5 nitrogen and oxygen atoms in total. The Balaban J connectivity index is 1.49. The molecule has 5 heteroatoms. The molecule has 0 aliphatic rings. The standard InChI is InChI=1S/C23H20N4O/c28-23(25-14-9-17-5-2-1-3-6-17)20-8-4-7-19(15-20)22-21(16-26-27-22)18-10-12-24-13-11-18/h1-8,10-13,15-16H,9,14H2,(H,25,28)(H,26,27). The van der Waals surface area contributed by atoms with Gasteiger partial charge in [-0.1, -0.05) is 42.5 Å². The van der Waals surface area contributed by atoms with Crippen molar-refractivity contribution >= 4 is 5.91 Å². The Morgan fingerprint density at radius 2 is 1.75 bits per heavy atom. The molecule has 0 spiro atoms. The predicted octanol–water partition coefficient (Wildman–Crippen LogP) is 4.11. The third-order valence-corrected chi connectivity index (χ3v) is 4.59. The molecule has 138 valence electrons. The number of aromatic nitrogens is 3. The Labute approximate surface area is 163 Å².